The first-order chi connectivity index (χ1) is 9.61. The zero-order valence-electron chi connectivity index (χ0n) is 11.5. The highest BCUT2D eigenvalue weighted by atomic mass is 16.1. The first kappa shape index (κ1) is 12.5. The lowest BCUT2D eigenvalue weighted by Gasteiger charge is -2.05. The third-order valence-corrected chi connectivity index (χ3v) is 3.25. The van der Waals surface area contributed by atoms with E-state index in [1.807, 2.05) is 50.5 Å². The maximum absolute atomic E-state index is 12.1. The Morgan fingerprint density at radius 1 is 1.35 bits per heavy atom. The summed E-state index contributed by atoms with van der Waals surface area (Å²) < 4.78 is 1.67. The summed E-state index contributed by atoms with van der Waals surface area (Å²) in [5, 5.41) is 8.22. The van der Waals surface area contributed by atoms with E-state index >= 15 is 0 Å². The van der Waals surface area contributed by atoms with Gasteiger partial charge in [-0.05, 0) is 30.0 Å². The van der Waals surface area contributed by atoms with Gasteiger partial charge < -0.3 is 10.3 Å². The summed E-state index contributed by atoms with van der Waals surface area (Å²) in [5.41, 5.74) is 2.92. The average Bonchev–Trinajstić information content (AvgIpc) is 2.96. The fourth-order valence-corrected chi connectivity index (χ4v) is 2.30. The molecule has 0 atom stereocenters. The van der Waals surface area contributed by atoms with E-state index in [1.165, 1.54) is 0 Å². The zero-order valence-corrected chi connectivity index (χ0v) is 11.5. The van der Waals surface area contributed by atoms with Gasteiger partial charge in [0.05, 0.1) is 12.1 Å². The number of carbonyl (C=O) groups is 1. The average molecular weight is 268 g/mol. The van der Waals surface area contributed by atoms with Crippen LogP contribution >= 0.6 is 0 Å². The monoisotopic (exact) mass is 268 g/mol. The predicted molar refractivity (Wildman–Crippen MR) is 78.6 cm³/mol. The largest absolute Gasteiger partial charge is 0.361 e. The Morgan fingerprint density at radius 3 is 2.95 bits per heavy atom. The minimum atomic E-state index is -0.0427. The second kappa shape index (κ2) is 4.85. The summed E-state index contributed by atoms with van der Waals surface area (Å²) in [5.74, 6) is 0.673. The molecule has 0 unspecified atom stereocenters. The zero-order chi connectivity index (χ0) is 14.1. The van der Waals surface area contributed by atoms with Gasteiger partial charge in [-0.3, -0.25) is 9.48 Å². The number of aromatic nitrogens is 3. The van der Waals surface area contributed by atoms with Crippen LogP contribution < -0.4 is 5.32 Å². The van der Waals surface area contributed by atoms with Crippen LogP contribution in [0, 0.1) is 6.92 Å². The van der Waals surface area contributed by atoms with Gasteiger partial charge in [-0.1, -0.05) is 12.1 Å². The molecule has 2 N–H and O–H groups in total. The van der Waals surface area contributed by atoms with Gasteiger partial charge in [0.1, 0.15) is 5.82 Å². The molecule has 2 heterocycles. The highest BCUT2D eigenvalue weighted by Gasteiger charge is 2.08. The number of rotatable bonds is 3. The lowest BCUT2D eigenvalue weighted by Crippen LogP contribution is -2.16. The van der Waals surface area contributed by atoms with E-state index in [1.54, 1.807) is 4.68 Å². The molecule has 0 aliphatic rings. The number of nitrogens with one attached hydrogen (secondary N) is 2. The fourth-order valence-electron chi connectivity index (χ4n) is 2.30. The first-order valence-electron chi connectivity index (χ1n) is 6.48. The number of hydrogen-bond donors (Lipinski definition) is 2. The van der Waals surface area contributed by atoms with Crippen molar-refractivity contribution in [3.05, 3.63) is 47.8 Å². The Morgan fingerprint density at radius 2 is 2.20 bits per heavy atom. The van der Waals surface area contributed by atoms with Crippen LogP contribution in [0.1, 0.15) is 11.3 Å². The van der Waals surface area contributed by atoms with E-state index in [2.05, 4.69) is 15.4 Å². The van der Waals surface area contributed by atoms with Crippen molar-refractivity contribution in [2.75, 3.05) is 5.32 Å². The van der Waals surface area contributed by atoms with Crippen molar-refractivity contribution in [1.29, 1.82) is 0 Å². The topological polar surface area (TPSA) is 62.7 Å². The second-order valence-electron chi connectivity index (χ2n) is 4.92. The number of aryl methyl sites for hydroxylation is 2. The molecule has 5 nitrogen and oxygen atoms in total. The molecule has 0 fully saturated rings. The molecule has 1 amide bonds. The molecule has 0 aliphatic carbocycles. The molecular weight excluding hydrogens is 252 g/mol. The minimum absolute atomic E-state index is 0.0427. The Hall–Kier alpha value is -2.56. The van der Waals surface area contributed by atoms with Crippen molar-refractivity contribution < 1.29 is 4.79 Å². The van der Waals surface area contributed by atoms with Crippen LogP contribution in [0.4, 0.5) is 5.82 Å². The highest BCUT2D eigenvalue weighted by Crippen LogP contribution is 2.15. The first-order valence-corrected chi connectivity index (χ1v) is 6.48. The van der Waals surface area contributed by atoms with Gasteiger partial charge in [0.15, 0.2) is 0 Å². The molecule has 3 aromatic rings. The van der Waals surface area contributed by atoms with E-state index in [-0.39, 0.29) is 5.91 Å². The SMILES string of the molecule is Cc1cc(NC(=O)Cc2ccc3cc[nH]c3c2)n(C)n1. The number of benzene rings is 1. The van der Waals surface area contributed by atoms with Crippen LogP contribution in [0.15, 0.2) is 36.5 Å². The van der Waals surface area contributed by atoms with Crippen LogP contribution in [0.5, 0.6) is 0 Å². The Bertz CT molecular complexity index is 769. The highest BCUT2D eigenvalue weighted by molar-refractivity contribution is 5.92. The van der Waals surface area contributed by atoms with Gasteiger partial charge in [0.25, 0.3) is 0 Å². The van der Waals surface area contributed by atoms with E-state index in [0.29, 0.717) is 12.2 Å². The van der Waals surface area contributed by atoms with Crippen molar-refractivity contribution in [3.63, 3.8) is 0 Å². The number of fused-ring (bicyclic) bond motifs is 1. The number of H-pyrrole nitrogens is 1. The molecule has 0 aliphatic heterocycles. The van der Waals surface area contributed by atoms with Gasteiger partial charge in [0.2, 0.25) is 5.91 Å². The Balaban J connectivity index is 1.73. The number of aromatic amines is 1. The lowest BCUT2D eigenvalue weighted by molar-refractivity contribution is -0.115. The number of carbonyl (C=O) groups excluding carboxylic acids is 1. The van der Waals surface area contributed by atoms with E-state index in [0.717, 1.165) is 22.2 Å². The van der Waals surface area contributed by atoms with Gasteiger partial charge >= 0.3 is 0 Å². The number of hydrogen-bond acceptors (Lipinski definition) is 2. The minimum Gasteiger partial charge on any atom is -0.361 e. The van der Waals surface area contributed by atoms with Crippen molar-refractivity contribution in [2.45, 2.75) is 13.3 Å². The second-order valence-corrected chi connectivity index (χ2v) is 4.92. The van der Waals surface area contributed by atoms with Crippen LogP contribution in [-0.4, -0.2) is 20.7 Å². The number of nitrogens with zero attached hydrogens (tertiary/aromatic N) is 2. The standard InChI is InChI=1S/C15H16N4O/c1-10-7-14(19(2)18-10)17-15(20)9-11-3-4-12-5-6-16-13(12)8-11/h3-8,16H,9H2,1-2H3,(H,17,20). The Kier molecular flexibility index (Phi) is 3.02. The van der Waals surface area contributed by atoms with Crippen LogP contribution in [0.25, 0.3) is 10.9 Å². The summed E-state index contributed by atoms with van der Waals surface area (Å²) in [6.07, 6.45) is 2.24. The Labute approximate surface area is 116 Å². The van der Waals surface area contributed by atoms with Crippen LogP contribution in [0.3, 0.4) is 0 Å². The molecule has 3 rings (SSSR count). The molecule has 0 radical (unpaired) electrons. The number of amides is 1. The van der Waals surface area contributed by atoms with Crippen molar-refractivity contribution in [2.24, 2.45) is 7.05 Å². The summed E-state index contributed by atoms with van der Waals surface area (Å²) in [6.45, 7) is 1.90. The summed E-state index contributed by atoms with van der Waals surface area (Å²) in [4.78, 5) is 15.2. The van der Waals surface area contributed by atoms with Crippen molar-refractivity contribution in [3.8, 4) is 0 Å². The summed E-state index contributed by atoms with van der Waals surface area (Å²) >= 11 is 0. The molecule has 102 valence electrons. The van der Waals surface area contributed by atoms with Gasteiger partial charge in [0, 0.05) is 24.8 Å². The fraction of sp³-hybridized carbons (Fsp3) is 0.200. The van der Waals surface area contributed by atoms with E-state index < -0.39 is 0 Å². The summed E-state index contributed by atoms with van der Waals surface area (Å²) in [7, 11) is 1.81. The molecule has 0 bridgehead atoms. The maximum atomic E-state index is 12.1. The third-order valence-electron chi connectivity index (χ3n) is 3.25. The smallest absolute Gasteiger partial charge is 0.229 e. The molecular formula is C15H16N4O. The molecule has 0 spiro atoms. The van der Waals surface area contributed by atoms with Crippen LogP contribution in [0.2, 0.25) is 0 Å². The van der Waals surface area contributed by atoms with Gasteiger partial charge in [-0.25, -0.2) is 0 Å². The summed E-state index contributed by atoms with van der Waals surface area (Å²) in [6, 6.07) is 9.86. The molecule has 0 saturated heterocycles. The van der Waals surface area contributed by atoms with E-state index in [9.17, 15) is 4.79 Å². The maximum Gasteiger partial charge on any atom is 0.229 e. The third kappa shape index (κ3) is 2.42. The number of anilines is 1. The molecule has 2 aromatic heterocycles. The normalized spacial score (nSPS) is 10.9. The predicted octanol–water partition coefficient (Wildman–Crippen LogP) is 2.39. The molecule has 5 heteroatoms. The van der Waals surface area contributed by atoms with E-state index in [4.69, 9.17) is 0 Å². The lowest BCUT2D eigenvalue weighted by atomic mass is 10.1. The molecule has 1 aromatic carbocycles. The van der Waals surface area contributed by atoms with Crippen LogP contribution in [-0.2, 0) is 18.3 Å². The van der Waals surface area contributed by atoms with Crippen molar-refractivity contribution >= 4 is 22.6 Å². The van der Waals surface area contributed by atoms with Crippen molar-refractivity contribution in [1.82, 2.24) is 14.8 Å². The van der Waals surface area contributed by atoms with Gasteiger partial charge in [-0.15, -0.1) is 0 Å². The quantitative estimate of drug-likeness (QED) is 0.766. The molecule has 0 saturated carbocycles. The molecule has 20 heavy (non-hydrogen) atoms. The van der Waals surface area contributed by atoms with Gasteiger partial charge in [-0.2, -0.15) is 5.10 Å².